The third-order valence-electron chi connectivity index (χ3n) is 3.81. The van der Waals surface area contributed by atoms with E-state index in [0.29, 0.717) is 37.4 Å². The molecule has 0 fully saturated rings. The second-order valence-electron chi connectivity index (χ2n) is 7.56. The molecule has 0 saturated heterocycles. The van der Waals surface area contributed by atoms with E-state index in [2.05, 4.69) is 26.6 Å². The van der Waals surface area contributed by atoms with E-state index in [1.807, 2.05) is 20.8 Å². The summed E-state index contributed by atoms with van der Waals surface area (Å²) in [4.78, 5) is 24.4. The van der Waals surface area contributed by atoms with Gasteiger partial charge in [-0.05, 0) is 49.7 Å². The Morgan fingerprint density at radius 3 is 2.59 bits per heavy atom. The number of aliphatic hydroxyl groups is 1. The van der Waals surface area contributed by atoms with Gasteiger partial charge in [-0.25, -0.2) is 4.79 Å². The minimum atomic E-state index is -0.712. The van der Waals surface area contributed by atoms with E-state index in [-0.39, 0.29) is 24.7 Å². The summed E-state index contributed by atoms with van der Waals surface area (Å²) < 4.78 is 12.4. The van der Waals surface area contributed by atoms with Gasteiger partial charge in [0.2, 0.25) is 5.91 Å². The number of esters is 1. The second kappa shape index (κ2) is 9.88. The number of aliphatic hydroxyl groups excluding tert-OH is 1. The van der Waals surface area contributed by atoms with Gasteiger partial charge < -0.3 is 25.2 Å². The molecule has 0 aliphatic carbocycles. The molecule has 1 unspecified atom stereocenters. The van der Waals surface area contributed by atoms with E-state index in [4.69, 9.17) is 9.47 Å². The van der Waals surface area contributed by atoms with Crippen molar-refractivity contribution < 1.29 is 24.2 Å². The zero-order valence-corrected chi connectivity index (χ0v) is 19.6. The first-order chi connectivity index (χ1) is 13.5. The van der Waals surface area contributed by atoms with E-state index in [1.165, 1.54) is 18.3 Å². The molecule has 9 heteroatoms. The molecule has 1 heterocycles. The predicted molar refractivity (Wildman–Crippen MR) is 119 cm³/mol. The van der Waals surface area contributed by atoms with Gasteiger partial charge in [0, 0.05) is 24.4 Å². The van der Waals surface area contributed by atoms with Crippen molar-refractivity contribution in [2.24, 2.45) is 0 Å². The van der Waals surface area contributed by atoms with Crippen LogP contribution in [0.5, 0.6) is 5.75 Å². The van der Waals surface area contributed by atoms with Crippen molar-refractivity contribution in [2.75, 3.05) is 25.1 Å². The molecular weight excluding hydrogens is 460 g/mol. The molecule has 0 saturated carbocycles. The third-order valence-corrected chi connectivity index (χ3v) is 5.62. The molecule has 1 atom stereocenters. The van der Waals surface area contributed by atoms with E-state index in [9.17, 15) is 14.7 Å². The van der Waals surface area contributed by atoms with Crippen LogP contribution in [0.4, 0.5) is 5.69 Å². The number of hydrogen-bond acceptors (Lipinski definition) is 7. The number of nitrogens with one attached hydrogen (secondary N) is 2. The SMILES string of the molecule is CCOC(=O)c1sc2c(OCC(O)CNC(C)(C)C)c(Br)ccc2c1NC(C)=O. The fraction of sp³-hybridized carbons (Fsp3) is 0.500. The average Bonchev–Trinajstić information content (AvgIpc) is 2.96. The van der Waals surface area contributed by atoms with Gasteiger partial charge in [0.05, 0.1) is 21.5 Å². The fourth-order valence-electron chi connectivity index (χ4n) is 2.55. The lowest BCUT2D eigenvalue weighted by atomic mass is 10.1. The zero-order chi connectivity index (χ0) is 21.8. The summed E-state index contributed by atoms with van der Waals surface area (Å²) in [6.45, 7) is 9.84. The number of thiophene rings is 1. The Kier molecular flexibility index (Phi) is 8.04. The van der Waals surface area contributed by atoms with Gasteiger partial charge in [-0.1, -0.05) is 6.07 Å². The summed E-state index contributed by atoms with van der Waals surface area (Å²) in [5.74, 6) is -0.289. The number of rotatable bonds is 8. The van der Waals surface area contributed by atoms with Crippen LogP contribution in [-0.2, 0) is 9.53 Å². The number of anilines is 1. The van der Waals surface area contributed by atoms with Gasteiger partial charge in [-0.2, -0.15) is 0 Å². The lowest BCUT2D eigenvalue weighted by Crippen LogP contribution is -2.42. The quantitative estimate of drug-likeness (QED) is 0.489. The van der Waals surface area contributed by atoms with Crippen molar-refractivity contribution in [1.82, 2.24) is 5.32 Å². The molecule has 7 nitrogen and oxygen atoms in total. The Morgan fingerprint density at radius 1 is 1.31 bits per heavy atom. The normalized spacial score (nSPS) is 12.7. The maximum absolute atomic E-state index is 12.4. The van der Waals surface area contributed by atoms with E-state index in [1.54, 1.807) is 19.1 Å². The molecule has 2 aromatic rings. The second-order valence-corrected chi connectivity index (χ2v) is 9.43. The minimum absolute atomic E-state index is 0.0723. The third kappa shape index (κ3) is 6.40. The summed E-state index contributed by atoms with van der Waals surface area (Å²) in [5.41, 5.74) is 0.292. The van der Waals surface area contributed by atoms with Gasteiger partial charge in [0.1, 0.15) is 17.6 Å². The number of hydrogen-bond donors (Lipinski definition) is 3. The van der Waals surface area contributed by atoms with Crippen LogP contribution in [0.3, 0.4) is 0 Å². The van der Waals surface area contributed by atoms with Gasteiger partial charge in [-0.3, -0.25) is 4.79 Å². The lowest BCUT2D eigenvalue weighted by Gasteiger charge is -2.23. The first kappa shape index (κ1) is 23.6. The summed E-state index contributed by atoms with van der Waals surface area (Å²) in [7, 11) is 0. The number of amides is 1. The molecule has 1 aromatic heterocycles. The van der Waals surface area contributed by atoms with Gasteiger partial charge >= 0.3 is 5.97 Å². The smallest absolute Gasteiger partial charge is 0.350 e. The molecule has 29 heavy (non-hydrogen) atoms. The molecular formula is C20H27BrN2O5S. The Hall–Kier alpha value is -1.68. The number of carbonyl (C=O) groups is 2. The van der Waals surface area contributed by atoms with Gasteiger partial charge in [-0.15, -0.1) is 11.3 Å². The summed E-state index contributed by atoms with van der Waals surface area (Å²) in [5, 5.41) is 16.9. The topological polar surface area (TPSA) is 96.9 Å². The summed E-state index contributed by atoms with van der Waals surface area (Å²) in [6, 6.07) is 3.58. The molecule has 3 N–H and O–H groups in total. The van der Waals surface area contributed by atoms with E-state index in [0.717, 1.165) is 0 Å². The molecule has 0 aliphatic heterocycles. The highest BCUT2D eigenvalue weighted by Gasteiger charge is 2.24. The Bertz CT molecular complexity index is 891. The van der Waals surface area contributed by atoms with Crippen LogP contribution in [0.2, 0.25) is 0 Å². The van der Waals surface area contributed by atoms with Crippen molar-refractivity contribution in [3.8, 4) is 5.75 Å². The van der Waals surface area contributed by atoms with Crippen LogP contribution in [-0.4, -0.2) is 48.4 Å². The highest BCUT2D eigenvalue weighted by Crippen LogP contribution is 2.44. The molecule has 0 radical (unpaired) electrons. The van der Waals surface area contributed by atoms with Crippen LogP contribution in [0.15, 0.2) is 16.6 Å². The monoisotopic (exact) mass is 486 g/mol. The Labute approximate surface area is 182 Å². The summed E-state index contributed by atoms with van der Waals surface area (Å²) in [6.07, 6.45) is -0.712. The summed E-state index contributed by atoms with van der Waals surface area (Å²) >= 11 is 4.65. The number of benzene rings is 1. The Morgan fingerprint density at radius 2 is 2.00 bits per heavy atom. The van der Waals surface area contributed by atoms with E-state index < -0.39 is 12.1 Å². The van der Waals surface area contributed by atoms with Gasteiger partial charge in [0.15, 0.2) is 5.75 Å². The molecule has 160 valence electrons. The van der Waals surface area contributed by atoms with Crippen LogP contribution >= 0.6 is 27.3 Å². The van der Waals surface area contributed by atoms with Crippen LogP contribution in [0.1, 0.15) is 44.3 Å². The van der Waals surface area contributed by atoms with Crippen molar-refractivity contribution in [3.05, 3.63) is 21.5 Å². The number of carbonyl (C=O) groups excluding carboxylic acids is 2. The van der Waals surface area contributed by atoms with Crippen molar-refractivity contribution >= 4 is 54.9 Å². The molecule has 0 bridgehead atoms. The van der Waals surface area contributed by atoms with Crippen LogP contribution in [0, 0.1) is 0 Å². The van der Waals surface area contributed by atoms with Crippen molar-refractivity contribution in [1.29, 1.82) is 0 Å². The predicted octanol–water partition coefficient (Wildman–Crippen LogP) is 3.93. The zero-order valence-electron chi connectivity index (χ0n) is 17.2. The molecule has 0 spiro atoms. The molecule has 1 amide bonds. The molecule has 2 rings (SSSR count). The van der Waals surface area contributed by atoms with Gasteiger partial charge in [0.25, 0.3) is 0 Å². The highest BCUT2D eigenvalue weighted by atomic mass is 79.9. The van der Waals surface area contributed by atoms with Crippen molar-refractivity contribution in [3.63, 3.8) is 0 Å². The molecule has 1 aromatic carbocycles. The van der Waals surface area contributed by atoms with Crippen LogP contribution < -0.4 is 15.4 Å². The number of ether oxygens (including phenoxy) is 2. The number of fused-ring (bicyclic) bond motifs is 1. The lowest BCUT2D eigenvalue weighted by molar-refractivity contribution is -0.114. The minimum Gasteiger partial charge on any atom is -0.488 e. The average molecular weight is 487 g/mol. The molecule has 0 aliphatic rings. The first-order valence-electron chi connectivity index (χ1n) is 9.29. The van der Waals surface area contributed by atoms with E-state index >= 15 is 0 Å². The fourth-order valence-corrected chi connectivity index (χ4v) is 4.28. The largest absolute Gasteiger partial charge is 0.488 e. The maximum atomic E-state index is 12.4. The van der Waals surface area contributed by atoms with Crippen molar-refractivity contribution in [2.45, 2.75) is 46.3 Å². The number of β-amino-alcohol motifs (C(OH)–C–C–N with tert-alkyl or cyclic N) is 1. The van der Waals surface area contributed by atoms with Crippen LogP contribution in [0.25, 0.3) is 10.1 Å². The Balaban J connectivity index is 2.36. The standard InChI is InChI=1S/C20H27BrN2O5S/c1-6-27-19(26)18-15(23-11(2)24)13-7-8-14(21)16(17(13)29-18)28-10-12(25)9-22-20(3,4)5/h7-8,12,22,25H,6,9-10H2,1-5H3,(H,23,24). The maximum Gasteiger partial charge on any atom is 0.350 e. The number of halogens is 1. The highest BCUT2D eigenvalue weighted by molar-refractivity contribution is 9.10. The first-order valence-corrected chi connectivity index (χ1v) is 10.9.